The summed E-state index contributed by atoms with van der Waals surface area (Å²) in [5.41, 5.74) is 9.53. The molecule has 0 bridgehead atoms. The Labute approximate surface area is 117 Å². The van der Waals surface area contributed by atoms with Crippen molar-refractivity contribution in [3.63, 3.8) is 0 Å². The third-order valence-corrected chi connectivity index (χ3v) is 4.86. The molecule has 1 saturated heterocycles. The molecule has 0 aromatic heterocycles. The molecule has 1 aromatic rings. The molecule has 7 heteroatoms. The highest BCUT2D eigenvalue weighted by atomic mass is 32.3. The third kappa shape index (κ3) is 2.37. The minimum Gasteiger partial charge on any atom is -0.398 e. The Morgan fingerprint density at radius 2 is 1.90 bits per heavy atom. The number of anilines is 2. The Hall–Kier alpha value is -1.63. The predicted molar refractivity (Wildman–Crippen MR) is 75.9 cm³/mol. The number of nitrogens with two attached hydrogens (primary N) is 1. The second-order valence-corrected chi connectivity index (χ2v) is 6.82. The molecule has 1 aliphatic heterocycles. The summed E-state index contributed by atoms with van der Waals surface area (Å²) >= 11 is 0. The van der Waals surface area contributed by atoms with Gasteiger partial charge in [-0.3, -0.25) is 4.79 Å². The molecule has 2 N–H and O–H groups in total. The summed E-state index contributed by atoms with van der Waals surface area (Å²) in [7, 11) is -4.71. The highest BCUT2D eigenvalue weighted by Crippen LogP contribution is 2.35. The number of aryl methyl sites for hydroxylation is 2. The van der Waals surface area contributed by atoms with E-state index in [0.29, 0.717) is 16.9 Å². The van der Waals surface area contributed by atoms with Gasteiger partial charge in [-0.15, -0.1) is 3.89 Å². The molecule has 1 amide bonds. The Morgan fingerprint density at radius 1 is 1.30 bits per heavy atom. The van der Waals surface area contributed by atoms with Crippen molar-refractivity contribution in [1.82, 2.24) is 0 Å². The molecule has 1 heterocycles. The van der Waals surface area contributed by atoms with Gasteiger partial charge in [0.1, 0.15) is 5.25 Å². The fourth-order valence-electron chi connectivity index (χ4n) is 2.68. The van der Waals surface area contributed by atoms with Gasteiger partial charge in [-0.1, -0.05) is 6.07 Å². The van der Waals surface area contributed by atoms with E-state index >= 15 is 0 Å². The quantitative estimate of drug-likeness (QED) is 0.664. The van der Waals surface area contributed by atoms with E-state index in [4.69, 9.17) is 5.73 Å². The van der Waals surface area contributed by atoms with Gasteiger partial charge in [0.15, 0.2) is 0 Å². The summed E-state index contributed by atoms with van der Waals surface area (Å²) in [5, 5.41) is -1.30. The lowest BCUT2D eigenvalue weighted by molar-refractivity contribution is -0.117. The number of rotatable bonds is 2. The molecule has 20 heavy (non-hydrogen) atoms. The zero-order valence-corrected chi connectivity index (χ0v) is 12.4. The molecule has 1 atom stereocenters. The molecule has 0 aliphatic carbocycles. The van der Waals surface area contributed by atoms with Crippen LogP contribution in [-0.4, -0.2) is 26.1 Å². The molecule has 1 aliphatic rings. The van der Waals surface area contributed by atoms with Gasteiger partial charge in [-0.2, -0.15) is 8.42 Å². The number of amides is 1. The number of benzene rings is 1. The van der Waals surface area contributed by atoms with E-state index in [0.717, 1.165) is 11.1 Å². The molecule has 1 unspecified atom stereocenters. The molecular formula is C13H17FN2O3S. The van der Waals surface area contributed by atoms with Gasteiger partial charge in [0.2, 0.25) is 5.91 Å². The van der Waals surface area contributed by atoms with Crippen LogP contribution in [-0.2, 0) is 15.0 Å². The normalized spacial score (nSPS) is 19.7. The van der Waals surface area contributed by atoms with Crippen LogP contribution in [0.25, 0.3) is 0 Å². The van der Waals surface area contributed by atoms with E-state index in [2.05, 4.69) is 0 Å². The molecule has 5 nitrogen and oxygen atoms in total. The molecule has 0 spiro atoms. The largest absolute Gasteiger partial charge is 0.398 e. The predicted octanol–water partition coefficient (Wildman–Crippen LogP) is 1.60. The van der Waals surface area contributed by atoms with Crippen molar-refractivity contribution in [2.75, 3.05) is 17.2 Å². The molecule has 0 saturated carbocycles. The molecular weight excluding hydrogens is 283 g/mol. The summed E-state index contributed by atoms with van der Waals surface area (Å²) < 4.78 is 35.0. The SMILES string of the molecule is Cc1cc(C)c(N2CC(S(=O)(=O)F)CC2=O)c(C)c1N. The second kappa shape index (κ2) is 4.73. The fourth-order valence-corrected chi connectivity index (χ4v) is 3.35. The summed E-state index contributed by atoms with van der Waals surface area (Å²) in [6, 6.07) is 1.84. The Kier molecular flexibility index (Phi) is 3.49. The van der Waals surface area contributed by atoms with E-state index in [1.165, 1.54) is 4.90 Å². The number of hydrogen-bond acceptors (Lipinski definition) is 4. The van der Waals surface area contributed by atoms with Crippen LogP contribution in [0, 0.1) is 20.8 Å². The van der Waals surface area contributed by atoms with E-state index in [1.807, 2.05) is 19.9 Å². The monoisotopic (exact) mass is 300 g/mol. The maximum absolute atomic E-state index is 13.1. The average molecular weight is 300 g/mol. The zero-order chi connectivity index (χ0) is 15.2. The van der Waals surface area contributed by atoms with Crippen LogP contribution < -0.4 is 10.6 Å². The van der Waals surface area contributed by atoms with Gasteiger partial charge in [-0.25, -0.2) is 0 Å². The van der Waals surface area contributed by atoms with E-state index in [9.17, 15) is 17.1 Å². The van der Waals surface area contributed by atoms with E-state index < -0.39 is 21.4 Å². The van der Waals surface area contributed by atoms with Crippen molar-refractivity contribution >= 4 is 27.5 Å². The number of hydrogen-bond donors (Lipinski definition) is 1. The van der Waals surface area contributed by atoms with Crippen LogP contribution in [0.5, 0.6) is 0 Å². The van der Waals surface area contributed by atoms with Crippen molar-refractivity contribution in [1.29, 1.82) is 0 Å². The van der Waals surface area contributed by atoms with Crippen molar-refractivity contribution < 1.29 is 17.1 Å². The first-order chi connectivity index (χ1) is 9.12. The summed E-state index contributed by atoms with van der Waals surface area (Å²) in [4.78, 5) is 13.3. The van der Waals surface area contributed by atoms with Crippen LogP contribution in [0.15, 0.2) is 6.07 Å². The average Bonchev–Trinajstić information content (AvgIpc) is 2.69. The Morgan fingerprint density at radius 3 is 2.40 bits per heavy atom. The van der Waals surface area contributed by atoms with Gasteiger partial charge in [0.25, 0.3) is 0 Å². The standard InChI is InChI=1S/C13H17FN2O3S/c1-7-4-8(2)13(9(3)12(7)15)16-6-10(5-11(16)17)20(14,18)19/h4,10H,5-6,15H2,1-3H3. The Balaban J connectivity index is 2.49. The molecule has 1 aromatic carbocycles. The summed E-state index contributed by atoms with van der Waals surface area (Å²) in [6.45, 7) is 5.29. The first-order valence-electron chi connectivity index (χ1n) is 6.23. The molecule has 2 rings (SSSR count). The number of nitrogens with zero attached hydrogens (tertiary/aromatic N) is 1. The molecule has 110 valence electrons. The van der Waals surface area contributed by atoms with Crippen molar-refractivity contribution in [2.24, 2.45) is 0 Å². The maximum atomic E-state index is 13.1. The van der Waals surface area contributed by atoms with Crippen molar-refractivity contribution in [3.8, 4) is 0 Å². The van der Waals surface area contributed by atoms with Gasteiger partial charge < -0.3 is 10.6 Å². The lowest BCUT2D eigenvalue weighted by Crippen LogP contribution is -2.28. The smallest absolute Gasteiger partial charge is 0.307 e. The van der Waals surface area contributed by atoms with Crippen LogP contribution in [0.2, 0.25) is 0 Å². The minimum absolute atomic E-state index is 0.165. The fraction of sp³-hybridized carbons (Fsp3) is 0.462. The van der Waals surface area contributed by atoms with Crippen LogP contribution in [0.3, 0.4) is 0 Å². The van der Waals surface area contributed by atoms with Crippen LogP contribution >= 0.6 is 0 Å². The molecule has 0 radical (unpaired) electrons. The van der Waals surface area contributed by atoms with Gasteiger partial charge in [0, 0.05) is 18.7 Å². The van der Waals surface area contributed by atoms with Crippen LogP contribution in [0.1, 0.15) is 23.1 Å². The summed E-state index contributed by atoms with van der Waals surface area (Å²) in [5.74, 6) is -0.398. The number of halogens is 1. The lowest BCUT2D eigenvalue weighted by Gasteiger charge is -2.23. The minimum atomic E-state index is -4.71. The van der Waals surface area contributed by atoms with Crippen molar-refractivity contribution in [3.05, 3.63) is 22.8 Å². The number of nitrogen functional groups attached to an aromatic ring is 1. The first-order valence-corrected chi connectivity index (χ1v) is 7.67. The third-order valence-electron chi connectivity index (χ3n) is 3.75. The van der Waals surface area contributed by atoms with E-state index in [-0.39, 0.29) is 13.0 Å². The van der Waals surface area contributed by atoms with Gasteiger partial charge in [-0.05, 0) is 37.5 Å². The van der Waals surface area contributed by atoms with Crippen LogP contribution in [0.4, 0.5) is 15.3 Å². The Bertz CT molecular complexity index is 685. The van der Waals surface area contributed by atoms with E-state index in [1.54, 1.807) is 6.92 Å². The second-order valence-electron chi connectivity index (χ2n) is 5.20. The highest BCUT2D eigenvalue weighted by molar-refractivity contribution is 7.87. The first kappa shape index (κ1) is 14.8. The summed E-state index contributed by atoms with van der Waals surface area (Å²) in [6.07, 6.45) is -0.328. The van der Waals surface area contributed by atoms with Gasteiger partial charge in [0.05, 0.1) is 5.69 Å². The number of carbonyl (C=O) groups is 1. The topological polar surface area (TPSA) is 80.5 Å². The molecule has 1 fully saturated rings. The zero-order valence-electron chi connectivity index (χ0n) is 11.6. The highest BCUT2D eigenvalue weighted by Gasteiger charge is 2.40. The maximum Gasteiger partial charge on any atom is 0.307 e. The lowest BCUT2D eigenvalue weighted by atomic mass is 10.0. The van der Waals surface area contributed by atoms with Crippen molar-refractivity contribution in [2.45, 2.75) is 32.4 Å². The number of carbonyl (C=O) groups excluding carboxylic acids is 1. The van der Waals surface area contributed by atoms with Gasteiger partial charge >= 0.3 is 10.2 Å².